The summed E-state index contributed by atoms with van der Waals surface area (Å²) in [6.07, 6.45) is 0. The Morgan fingerprint density at radius 2 is 2.00 bits per heavy atom. The van der Waals surface area contributed by atoms with Crippen molar-refractivity contribution >= 4 is 34.4 Å². The van der Waals surface area contributed by atoms with E-state index in [4.69, 9.17) is 4.98 Å². The molecule has 3 heterocycles. The van der Waals surface area contributed by atoms with Crippen LogP contribution in [0.1, 0.15) is 11.3 Å². The normalized spacial score (nSPS) is 11.1. The van der Waals surface area contributed by atoms with Gasteiger partial charge in [0.15, 0.2) is 11.0 Å². The summed E-state index contributed by atoms with van der Waals surface area (Å²) < 4.78 is 2.05. The molecule has 0 N–H and O–H groups in total. The number of aryl methyl sites for hydroxylation is 1. The molecular formula is C18H16N4S3. The highest BCUT2D eigenvalue weighted by Crippen LogP contribution is 2.30. The number of thiazole rings is 1. The molecule has 0 saturated carbocycles. The van der Waals surface area contributed by atoms with Crippen molar-refractivity contribution in [2.45, 2.75) is 17.8 Å². The maximum atomic E-state index is 4.72. The summed E-state index contributed by atoms with van der Waals surface area (Å²) in [6, 6.07) is 10.4. The number of hydrogen-bond donors (Lipinski definition) is 0. The van der Waals surface area contributed by atoms with Crippen molar-refractivity contribution in [1.29, 1.82) is 0 Å². The van der Waals surface area contributed by atoms with Gasteiger partial charge in [0, 0.05) is 34.7 Å². The maximum Gasteiger partial charge on any atom is 0.191 e. The summed E-state index contributed by atoms with van der Waals surface area (Å²) in [6.45, 7) is 2.10. The third kappa shape index (κ3) is 3.40. The molecule has 0 amide bonds. The zero-order valence-electron chi connectivity index (χ0n) is 13.8. The molecule has 0 bridgehead atoms. The second kappa shape index (κ2) is 7.11. The minimum absolute atomic E-state index is 0.792. The van der Waals surface area contributed by atoms with Crippen LogP contribution in [0.3, 0.4) is 0 Å². The van der Waals surface area contributed by atoms with E-state index in [1.165, 1.54) is 11.1 Å². The molecule has 25 heavy (non-hydrogen) atoms. The summed E-state index contributed by atoms with van der Waals surface area (Å²) in [5.41, 5.74) is 4.61. The molecule has 0 unspecified atom stereocenters. The summed E-state index contributed by atoms with van der Waals surface area (Å²) in [4.78, 5) is 4.72. The molecule has 0 atom stereocenters. The molecule has 4 aromatic rings. The van der Waals surface area contributed by atoms with Crippen LogP contribution in [-0.4, -0.2) is 19.7 Å². The fourth-order valence-electron chi connectivity index (χ4n) is 2.53. The summed E-state index contributed by atoms with van der Waals surface area (Å²) in [5.74, 6) is 1.69. The molecule has 1 aromatic carbocycles. The fraction of sp³-hybridized carbons (Fsp3) is 0.167. The number of rotatable bonds is 5. The van der Waals surface area contributed by atoms with Crippen molar-refractivity contribution in [3.8, 4) is 22.0 Å². The van der Waals surface area contributed by atoms with E-state index in [0.29, 0.717) is 0 Å². The summed E-state index contributed by atoms with van der Waals surface area (Å²) >= 11 is 5.06. The molecule has 7 heteroatoms. The second-order valence-corrected chi connectivity index (χ2v) is 8.21. The molecule has 4 rings (SSSR count). The molecule has 0 saturated heterocycles. The van der Waals surface area contributed by atoms with Crippen LogP contribution in [0.15, 0.2) is 51.6 Å². The van der Waals surface area contributed by atoms with E-state index < -0.39 is 0 Å². The van der Waals surface area contributed by atoms with Gasteiger partial charge in [-0.05, 0) is 23.9 Å². The van der Waals surface area contributed by atoms with Crippen LogP contribution in [0.5, 0.6) is 0 Å². The van der Waals surface area contributed by atoms with E-state index in [1.54, 1.807) is 34.4 Å². The Kier molecular flexibility index (Phi) is 4.70. The molecule has 0 spiro atoms. The van der Waals surface area contributed by atoms with Gasteiger partial charge in [-0.2, -0.15) is 11.3 Å². The molecule has 3 aromatic heterocycles. The van der Waals surface area contributed by atoms with Crippen molar-refractivity contribution in [1.82, 2.24) is 19.7 Å². The monoisotopic (exact) mass is 384 g/mol. The summed E-state index contributed by atoms with van der Waals surface area (Å²) in [5, 5.41) is 17.1. The zero-order chi connectivity index (χ0) is 17.2. The van der Waals surface area contributed by atoms with Gasteiger partial charge in [-0.3, -0.25) is 0 Å². The van der Waals surface area contributed by atoms with Crippen LogP contribution in [0.4, 0.5) is 0 Å². The van der Waals surface area contributed by atoms with Crippen molar-refractivity contribution in [3.05, 3.63) is 57.7 Å². The topological polar surface area (TPSA) is 43.6 Å². The van der Waals surface area contributed by atoms with Crippen LogP contribution < -0.4 is 0 Å². The molecule has 0 aliphatic carbocycles. The zero-order valence-corrected chi connectivity index (χ0v) is 16.3. The van der Waals surface area contributed by atoms with Gasteiger partial charge < -0.3 is 4.57 Å². The van der Waals surface area contributed by atoms with E-state index in [-0.39, 0.29) is 0 Å². The number of aromatic nitrogens is 4. The first kappa shape index (κ1) is 16.5. The highest BCUT2D eigenvalue weighted by atomic mass is 32.2. The molecule has 0 aliphatic heterocycles. The number of thiophene rings is 1. The first-order chi connectivity index (χ1) is 12.2. The number of thioether (sulfide) groups is 1. The highest BCUT2D eigenvalue weighted by Gasteiger charge is 2.13. The Morgan fingerprint density at radius 1 is 1.12 bits per heavy atom. The molecule has 126 valence electrons. The van der Waals surface area contributed by atoms with Crippen LogP contribution >= 0.6 is 34.4 Å². The number of hydrogen-bond acceptors (Lipinski definition) is 6. The smallest absolute Gasteiger partial charge is 0.191 e. The van der Waals surface area contributed by atoms with Crippen molar-refractivity contribution in [2.24, 2.45) is 7.05 Å². The third-order valence-corrected chi connectivity index (χ3v) is 6.57. The lowest BCUT2D eigenvalue weighted by molar-refractivity contribution is 0.793. The van der Waals surface area contributed by atoms with E-state index in [0.717, 1.165) is 33.0 Å². The molecule has 0 fully saturated rings. The predicted molar refractivity (Wildman–Crippen MR) is 106 cm³/mol. The molecule has 4 nitrogen and oxygen atoms in total. The van der Waals surface area contributed by atoms with E-state index in [9.17, 15) is 0 Å². The summed E-state index contributed by atoms with van der Waals surface area (Å²) in [7, 11) is 2.02. The van der Waals surface area contributed by atoms with Gasteiger partial charge in [-0.25, -0.2) is 4.98 Å². The van der Waals surface area contributed by atoms with E-state index in [2.05, 4.69) is 56.0 Å². The molecule has 0 aliphatic rings. The van der Waals surface area contributed by atoms with E-state index in [1.807, 2.05) is 19.2 Å². The van der Waals surface area contributed by atoms with Crippen molar-refractivity contribution < 1.29 is 0 Å². The Balaban J connectivity index is 1.50. The van der Waals surface area contributed by atoms with Gasteiger partial charge in [0.1, 0.15) is 5.01 Å². The highest BCUT2D eigenvalue weighted by molar-refractivity contribution is 7.98. The Bertz CT molecular complexity index is 986. The van der Waals surface area contributed by atoms with Crippen LogP contribution in [0.25, 0.3) is 22.0 Å². The largest absolute Gasteiger partial charge is 0.305 e. The number of nitrogens with zero attached hydrogens (tertiary/aromatic N) is 4. The predicted octanol–water partition coefficient (Wildman–Crippen LogP) is 5.27. The number of benzene rings is 1. The van der Waals surface area contributed by atoms with Gasteiger partial charge in [0.2, 0.25) is 0 Å². The first-order valence-corrected chi connectivity index (χ1v) is 10.6. The lowest BCUT2D eigenvalue weighted by atomic mass is 10.1. The maximum absolute atomic E-state index is 4.72. The van der Waals surface area contributed by atoms with Gasteiger partial charge >= 0.3 is 0 Å². The average molecular weight is 385 g/mol. The van der Waals surface area contributed by atoms with Crippen LogP contribution in [-0.2, 0) is 12.8 Å². The lowest BCUT2D eigenvalue weighted by Gasteiger charge is -2.05. The standard InChI is InChI=1S/C18H16N4S3/c1-12-5-3-4-6-15(12)16-20-21-18(22(16)2)25-11-14-10-24-17(19-14)13-7-8-23-9-13/h3-10H,11H2,1-2H3. The van der Waals surface area contributed by atoms with Crippen LogP contribution in [0, 0.1) is 6.92 Å². The van der Waals surface area contributed by atoms with Gasteiger partial charge in [-0.15, -0.1) is 21.5 Å². The molecular weight excluding hydrogens is 368 g/mol. The Labute approximate surface area is 158 Å². The first-order valence-electron chi connectivity index (χ1n) is 7.77. The van der Waals surface area contributed by atoms with Gasteiger partial charge in [0.05, 0.1) is 5.69 Å². The minimum atomic E-state index is 0.792. The van der Waals surface area contributed by atoms with Gasteiger partial charge in [0.25, 0.3) is 0 Å². The quantitative estimate of drug-likeness (QED) is 0.440. The Hall–Kier alpha value is -1.96. The van der Waals surface area contributed by atoms with Crippen LogP contribution in [0.2, 0.25) is 0 Å². The third-order valence-electron chi connectivity index (χ3n) is 3.89. The lowest BCUT2D eigenvalue weighted by Crippen LogP contribution is -1.96. The van der Waals surface area contributed by atoms with Crippen molar-refractivity contribution in [2.75, 3.05) is 0 Å². The van der Waals surface area contributed by atoms with Crippen molar-refractivity contribution in [3.63, 3.8) is 0 Å². The fourth-order valence-corrected chi connectivity index (χ4v) is 4.97. The minimum Gasteiger partial charge on any atom is -0.305 e. The Morgan fingerprint density at radius 3 is 2.80 bits per heavy atom. The molecule has 0 radical (unpaired) electrons. The second-order valence-electron chi connectivity index (χ2n) is 5.62. The van der Waals surface area contributed by atoms with Gasteiger partial charge in [-0.1, -0.05) is 36.0 Å². The van der Waals surface area contributed by atoms with E-state index >= 15 is 0 Å². The average Bonchev–Trinajstić information content (AvgIpc) is 3.35. The SMILES string of the molecule is Cc1ccccc1-c1nnc(SCc2csc(-c3ccsc3)n2)n1C.